The normalized spacial score (nSPS) is 10.2. The predicted molar refractivity (Wildman–Crippen MR) is 56.1 cm³/mol. The summed E-state index contributed by atoms with van der Waals surface area (Å²) in [5, 5.41) is 0. The molecule has 0 saturated heterocycles. The molecule has 0 amide bonds. The third-order valence-corrected chi connectivity index (χ3v) is 1.92. The Bertz CT molecular complexity index is 521. The second kappa shape index (κ2) is 4.59. The van der Waals surface area contributed by atoms with Crippen LogP contribution in [0.25, 0.3) is 0 Å². The van der Waals surface area contributed by atoms with Gasteiger partial charge in [0.2, 0.25) is 0 Å². The van der Waals surface area contributed by atoms with Gasteiger partial charge in [0.15, 0.2) is 0 Å². The molecule has 1 heterocycles. The van der Waals surface area contributed by atoms with Crippen LogP contribution in [-0.2, 0) is 13.1 Å². The molecular formula is C9H13N3O3. The van der Waals surface area contributed by atoms with Gasteiger partial charge >= 0.3 is 17.1 Å². The SMILES string of the molecule is C=CCn1c(=O)[nH]c(=O)n(CCC)c1=O. The van der Waals surface area contributed by atoms with E-state index in [1.807, 2.05) is 6.92 Å². The van der Waals surface area contributed by atoms with Crippen molar-refractivity contribution in [3.63, 3.8) is 0 Å². The molecule has 1 aromatic rings. The van der Waals surface area contributed by atoms with E-state index >= 15 is 0 Å². The number of hydrogen-bond acceptors (Lipinski definition) is 3. The maximum Gasteiger partial charge on any atom is 0.336 e. The number of H-pyrrole nitrogens is 1. The number of nitrogens with zero attached hydrogens (tertiary/aromatic N) is 2. The molecular weight excluding hydrogens is 198 g/mol. The molecule has 1 aromatic heterocycles. The van der Waals surface area contributed by atoms with E-state index in [1.165, 1.54) is 6.08 Å². The van der Waals surface area contributed by atoms with Crippen molar-refractivity contribution in [2.45, 2.75) is 26.4 Å². The first-order valence-electron chi connectivity index (χ1n) is 4.66. The van der Waals surface area contributed by atoms with Crippen LogP contribution >= 0.6 is 0 Å². The van der Waals surface area contributed by atoms with Crippen molar-refractivity contribution in [2.75, 3.05) is 0 Å². The van der Waals surface area contributed by atoms with E-state index in [1.54, 1.807) is 0 Å². The summed E-state index contributed by atoms with van der Waals surface area (Å²) in [5.41, 5.74) is -1.95. The van der Waals surface area contributed by atoms with Crippen molar-refractivity contribution in [3.05, 3.63) is 44.1 Å². The molecule has 15 heavy (non-hydrogen) atoms. The zero-order chi connectivity index (χ0) is 11.4. The van der Waals surface area contributed by atoms with Gasteiger partial charge in [0.05, 0.1) is 6.54 Å². The van der Waals surface area contributed by atoms with Crippen LogP contribution in [0.1, 0.15) is 13.3 Å². The van der Waals surface area contributed by atoms with Gasteiger partial charge in [-0.15, -0.1) is 6.58 Å². The first-order chi connectivity index (χ1) is 7.11. The van der Waals surface area contributed by atoms with Crippen molar-refractivity contribution >= 4 is 0 Å². The minimum Gasteiger partial charge on any atom is -0.259 e. The summed E-state index contributed by atoms with van der Waals surface area (Å²) in [6.45, 7) is 5.67. The first kappa shape index (κ1) is 11.2. The van der Waals surface area contributed by atoms with E-state index in [0.717, 1.165) is 9.13 Å². The summed E-state index contributed by atoms with van der Waals surface area (Å²) in [4.78, 5) is 36.3. The molecule has 6 heteroatoms. The maximum atomic E-state index is 11.6. The Morgan fingerprint density at radius 1 is 1.27 bits per heavy atom. The first-order valence-corrected chi connectivity index (χ1v) is 4.66. The van der Waals surface area contributed by atoms with Gasteiger partial charge in [-0.05, 0) is 6.42 Å². The van der Waals surface area contributed by atoms with E-state index in [0.29, 0.717) is 13.0 Å². The molecule has 0 radical (unpaired) electrons. The summed E-state index contributed by atoms with van der Waals surface area (Å²) in [7, 11) is 0. The van der Waals surface area contributed by atoms with Crippen LogP contribution in [0.4, 0.5) is 0 Å². The molecule has 0 saturated carbocycles. The van der Waals surface area contributed by atoms with Crippen LogP contribution in [0.5, 0.6) is 0 Å². The molecule has 0 aliphatic rings. The predicted octanol–water partition coefficient (Wildman–Crippen LogP) is -0.706. The van der Waals surface area contributed by atoms with E-state index in [2.05, 4.69) is 11.6 Å². The Hall–Kier alpha value is -1.85. The molecule has 0 aromatic carbocycles. The Kier molecular flexibility index (Phi) is 3.43. The van der Waals surface area contributed by atoms with Crippen LogP contribution in [0.3, 0.4) is 0 Å². The fraction of sp³-hybridized carbons (Fsp3) is 0.444. The van der Waals surface area contributed by atoms with Gasteiger partial charge in [0.25, 0.3) is 0 Å². The topological polar surface area (TPSA) is 76.9 Å². The highest BCUT2D eigenvalue weighted by Gasteiger charge is 2.06. The van der Waals surface area contributed by atoms with Crippen molar-refractivity contribution < 1.29 is 0 Å². The third kappa shape index (κ3) is 2.15. The molecule has 0 atom stereocenters. The molecule has 1 rings (SSSR count). The molecule has 0 fully saturated rings. The van der Waals surface area contributed by atoms with Crippen LogP contribution in [0, 0.1) is 0 Å². The lowest BCUT2D eigenvalue weighted by molar-refractivity contribution is 0.529. The molecule has 0 spiro atoms. The number of rotatable bonds is 4. The van der Waals surface area contributed by atoms with Crippen molar-refractivity contribution in [1.82, 2.24) is 14.1 Å². The van der Waals surface area contributed by atoms with Gasteiger partial charge in [-0.1, -0.05) is 13.0 Å². The average molecular weight is 211 g/mol. The molecule has 1 N–H and O–H groups in total. The van der Waals surface area contributed by atoms with Gasteiger partial charge in [0, 0.05) is 6.54 Å². The number of aromatic nitrogens is 3. The van der Waals surface area contributed by atoms with Gasteiger partial charge in [0.1, 0.15) is 0 Å². The van der Waals surface area contributed by atoms with Crippen LogP contribution in [-0.4, -0.2) is 14.1 Å². The van der Waals surface area contributed by atoms with Crippen LogP contribution in [0.15, 0.2) is 27.0 Å². The van der Waals surface area contributed by atoms with E-state index in [9.17, 15) is 14.4 Å². The summed E-state index contributed by atoms with van der Waals surface area (Å²) in [5.74, 6) is 0. The number of nitrogens with one attached hydrogen (secondary N) is 1. The maximum absolute atomic E-state index is 11.6. The molecule has 0 aliphatic heterocycles. The second-order valence-corrected chi connectivity index (χ2v) is 3.07. The van der Waals surface area contributed by atoms with Gasteiger partial charge in [-0.2, -0.15) is 0 Å². The molecule has 0 bridgehead atoms. The summed E-state index contributed by atoms with van der Waals surface area (Å²) in [6.07, 6.45) is 2.08. The molecule has 0 unspecified atom stereocenters. The van der Waals surface area contributed by atoms with E-state index in [4.69, 9.17) is 0 Å². The number of allylic oxidation sites excluding steroid dienone is 1. The minimum absolute atomic E-state index is 0.0954. The highest BCUT2D eigenvalue weighted by atomic mass is 16.2. The lowest BCUT2D eigenvalue weighted by Crippen LogP contribution is -2.49. The van der Waals surface area contributed by atoms with Crippen molar-refractivity contribution in [2.24, 2.45) is 0 Å². The number of hydrogen-bond donors (Lipinski definition) is 1. The molecule has 6 nitrogen and oxygen atoms in total. The lowest BCUT2D eigenvalue weighted by Gasteiger charge is -2.05. The number of aromatic amines is 1. The van der Waals surface area contributed by atoms with E-state index < -0.39 is 17.1 Å². The van der Waals surface area contributed by atoms with Crippen molar-refractivity contribution in [3.8, 4) is 0 Å². The summed E-state index contributed by atoms with van der Waals surface area (Å²) in [6, 6.07) is 0. The Balaban J connectivity index is 3.49. The van der Waals surface area contributed by atoms with Gasteiger partial charge in [-0.3, -0.25) is 4.98 Å². The minimum atomic E-state index is -0.697. The highest BCUT2D eigenvalue weighted by molar-refractivity contribution is 4.78. The van der Waals surface area contributed by atoms with Crippen molar-refractivity contribution in [1.29, 1.82) is 0 Å². The fourth-order valence-electron chi connectivity index (χ4n) is 1.26. The van der Waals surface area contributed by atoms with Crippen LogP contribution < -0.4 is 17.1 Å². The van der Waals surface area contributed by atoms with Crippen LogP contribution in [0.2, 0.25) is 0 Å². The third-order valence-electron chi connectivity index (χ3n) is 1.92. The summed E-state index contributed by atoms with van der Waals surface area (Å²) >= 11 is 0. The molecule has 82 valence electrons. The smallest absolute Gasteiger partial charge is 0.259 e. The zero-order valence-corrected chi connectivity index (χ0v) is 8.52. The Morgan fingerprint density at radius 3 is 2.40 bits per heavy atom. The molecule has 0 aliphatic carbocycles. The summed E-state index contributed by atoms with van der Waals surface area (Å²) < 4.78 is 1.94. The fourth-order valence-corrected chi connectivity index (χ4v) is 1.26. The Morgan fingerprint density at radius 2 is 1.87 bits per heavy atom. The average Bonchev–Trinajstić information content (AvgIpc) is 2.19. The Labute approximate surface area is 85.5 Å². The largest absolute Gasteiger partial charge is 0.336 e. The monoisotopic (exact) mass is 211 g/mol. The quantitative estimate of drug-likeness (QED) is 0.668. The standard InChI is InChI=1S/C9H13N3O3/c1-3-5-11-7(13)10-8(14)12(6-4-2)9(11)15/h3H,1,4-6H2,2H3,(H,10,13,14). The zero-order valence-electron chi connectivity index (χ0n) is 8.52. The van der Waals surface area contributed by atoms with Gasteiger partial charge in [-0.25, -0.2) is 23.5 Å². The van der Waals surface area contributed by atoms with Gasteiger partial charge < -0.3 is 0 Å². The van der Waals surface area contributed by atoms with E-state index in [-0.39, 0.29) is 6.54 Å². The second-order valence-electron chi connectivity index (χ2n) is 3.07. The highest BCUT2D eigenvalue weighted by Crippen LogP contribution is 1.78. The lowest BCUT2D eigenvalue weighted by atomic mass is 10.5.